The van der Waals surface area contributed by atoms with E-state index in [-0.39, 0.29) is 1.43 Å². The van der Waals surface area contributed by atoms with E-state index in [0.29, 0.717) is 0 Å². The maximum absolute atomic E-state index is 5.00. The fourth-order valence-corrected chi connectivity index (χ4v) is 32.3. The van der Waals surface area contributed by atoms with Crippen molar-refractivity contribution in [3.8, 4) is 0 Å². The minimum atomic E-state index is 0. The Balaban J connectivity index is 0.000000168. The summed E-state index contributed by atoms with van der Waals surface area (Å²) in [6.07, 6.45) is 7.00. The largest absolute Gasteiger partial charge is 0.0461 e. The van der Waals surface area contributed by atoms with E-state index in [2.05, 4.69) is 0 Å². The maximum atomic E-state index is 5.00. The Labute approximate surface area is 232 Å². The van der Waals surface area contributed by atoms with Gasteiger partial charge in [-0.25, -0.2) is 0 Å². The number of hydrogen-bond donors (Lipinski definition) is 0. The van der Waals surface area contributed by atoms with Crippen LogP contribution in [0.5, 0.6) is 0 Å². The summed E-state index contributed by atoms with van der Waals surface area (Å²) in [4.78, 5) is 0. The van der Waals surface area contributed by atoms with Crippen molar-refractivity contribution >= 4 is 0 Å². The molecule has 20 unspecified atom stereocenters. The van der Waals surface area contributed by atoms with Crippen molar-refractivity contribution in [1.29, 1.82) is 0 Å². The second-order valence-electron chi connectivity index (χ2n) is 22.0. The minimum absolute atomic E-state index is 0. The van der Waals surface area contributed by atoms with Gasteiger partial charge in [-0.15, -0.1) is 0 Å². The van der Waals surface area contributed by atoms with Crippen LogP contribution < -0.4 is 0 Å². The Hall–Kier alpha value is 0. The SMILES string of the molecule is C1C2CC3C4C5C6C7C8C9C%10C%11C%12CC%13CC%14C%15C%16C%17C%18C%19C%20C%21C%22C1C23C%224C%215C%206C%197C%188C%179C%16%10C%15%11C%13%14%12.[2HH].[2H][2H].[2H][2H].[2H][2H].[2H][2H].[2H][2H].[2H][2H].[2H][2H]. The van der Waals surface area contributed by atoms with Gasteiger partial charge < -0.3 is 0 Å². The highest BCUT2D eigenvalue weighted by molar-refractivity contribution is 5.82. The van der Waals surface area contributed by atoms with Crippen LogP contribution in [0.3, 0.4) is 0 Å². The number of hydrogen-bond acceptors (Lipinski definition) is 0. The van der Waals surface area contributed by atoms with E-state index < -0.39 is 0 Å². The lowest BCUT2D eigenvalue weighted by Gasteiger charge is -3.37. The standard InChI is InChI=1S/C36H30.8H2/c1-5-2-8-12-16-20-25-26-22-18-14-10-4-6-3-9-13-17-21-24-23-19-15-11-7(1)27(5,8)29(11,12)31(15,16)33(19,20)35(23,25)36(24,26)34(21,22)32(17,18)30(13,14)28(6,9)10;;;;;;;;/h5-26H,1-4H2;8*1H/i;7*1+1D;1+1. The van der Waals surface area contributed by atoms with Crippen molar-refractivity contribution in [2.75, 3.05) is 0 Å². The van der Waals surface area contributed by atoms with Crippen molar-refractivity contribution in [1.82, 2.24) is 0 Å². The van der Waals surface area contributed by atoms with Gasteiger partial charge in [-0.1, -0.05) is 0 Å². The Morgan fingerprint density at radius 2 is 0.528 bits per heavy atom. The van der Waals surface area contributed by atoms with Gasteiger partial charge in [-0.05, 0) is 210 Å². The molecule has 0 aromatic heterocycles. The fraction of sp³-hybridized carbons (Fsp3) is 1.00. The first-order chi connectivity index (χ1) is 24.9. The summed E-state index contributed by atoms with van der Waals surface area (Å²) >= 11 is 0. The second-order valence-corrected chi connectivity index (χ2v) is 22.0. The van der Waals surface area contributed by atoms with Gasteiger partial charge in [0.05, 0.1) is 0 Å². The third-order valence-corrected chi connectivity index (χ3v) is 27.7. The van der Waals surface area contributed by atoms with Crippen LogP contribution in [0.4, 0.5) is 0 Å². The maximum Gasteiger partial charge on any atom is 0 e. The molecular weight excluding hydrogens is 432 g/mol. The molecule has 0 heterocycles. The molecule has 20 atom stereocenters. The third kappa shape index (κ3) is 0.409. The lowest BCUT2D eigenvalue weighted by Crippen LogP contribution is -3.35. The van der Waals surface area contributed by atoms with E-state index in [1.807, 2.05) is 0 Å². The fourth-order valence-electron chi connectivity index (χ4n) is 32.3. The number of rotatable bonds is 0. The third-order valence-electron chi connectivity index (χ3n) is 27.7. The highest BCUT2D eigenvalue weighted by Gasteiger charge is 3.36. The summed E-state index contributed by atoms with van der Waals surface area (Å²) in [5.41, 5.74) is 10.9. The topological polar surface area (TPSA) is 0 Å². The number of fused-ring (bicyclic) bond motifs is 18. The summed E-state index contributed by atoms with van der Waals surface area (Å²) in [5.74, 6) is 29.9. The zero-order valence-electron chi connectivity index (χ0n) is 34.5. The van der Waals surface area contributed by atoms with Crippen LogP contribution in [0, 0.1) is 184 Å². The summed E-state index contributed by atoms with van der Waals surface area (Å²) in [5, 5.41) is 0. The minimum Gasteiger partial charge on any atom is -0.0461 e. The summed E-state index contributed by atoms with van der Waals surface area (Å²) in [7, 11) is 0. The molecular formula is C36H46. The predicted molar refractivity (Wildman–Crippen MR) is 136 cm³/mol. The van der Waals surface area contributed by atoms with Gasteiger partial charge in [-0.3, -0.25) is 0 Å². The van der Waals surface area contributed by atoms with Crippen LogP contribution in [-0.2, 0) is 0 Å². The Morgan fingerprint density at radius 3 is 0.778 bits per heavy atom. The van der Waals surface area contributed by atoms with Gasteiger partial charge in [0, 0.05) is 22.2 Å². The van der Waals surface area contributed by atoms with Gasteiger partial charge in [0.25, 0.3) is 0 Å². The van der Waals surface area contributed by atoms with Gasteiger partial charge in [0.1, 0.15) is 0 Å². The van der Waals surface area contributed by atoms with Crippen molar-refractivity contribution in [2.24, 2.45) is 184 Å². The molecule has 22 aliphatic rings. The first-order valence-corrected chi connectivity index (χ1v) is 17.9. The van der Waals surface area contributed by atoms with Crippen molar-refractivity contribution in [3.63, 3.8) is 0 Å². The molecule has 0 radical (unpaired) electrons. The van der Waals surface area contributed by atoms with Crippen LogP contribution in [0.25, 0.3) is 0 Å². The lowest BCUT2D eigenvalue weighted by atomic mass is 8.66. The van der Waals surface area contributed by atoms with Crippen LogP contribution in [-0.4, -0.2) is 0 Å². The van der Waals surface area contributed by atoms with Crippen LogP contribution in [0.2, 0.25) is 0 Å². The van der Waals surface area contributed by atoms with E-state index >= 15 is 0 Å². The average Bonchev–Trinajstić information content (AvgIpc) is 3.11. The molecule has 0 bridgehead atoms. The Bertz CT molecular complexity index is 1630. The molecule has 22 aliphatic carbocycles. The predicted octanol–water partition coefficient (Wildman–Crippen LogP) is 6.23. The molecule has 36 heavy (non-hydrogen) atoms. The van der Waals surface area contributed by atoms with Crippen molar-refractivity contribution in [3.05, 3.63) is 0 Å². The smallest absolute Gasteiger partial charge is 0 e. The molecule has 0 aromatic carbocycles. The Morgan fingerprint density at radius 1 is 0.306 bits per heavy atom. The summed E-state index contributed by atoms with van der Waals surface area (Å²) < 4.78 is 70.0. The van der Waals surface area contributed by atoms with E-state index in [0.717, 1.165) is 54.1 Å². The van der Waals surface area contributed by atoms with Crippen molar-refractivity contribution < 1.29 is 22.2 Å². The van der Waals surface area contributed by atoms with Gasteiger partial charge in [-0.2, -0.15) is 0 Å². The van der Waals surface area contributed by atoms with E-state index in [1.54, 1.807) is 25.7 Å². The lowest BCUT2D eigenvalue weighted by molar-refractivity contribution is -0.920. The monoisotopic (exact) mass is 493 g/mol. The van der Waals surface area contributed by atoms with E-state index in [9.17, 15) is 0 Å². The molecule has 0 heteroatoms. The molecule has 0 N–H and O–H groups in total. The van der Waals surface area contributed by atoms with E-state index in [1.165, 1.54) is 130 Å². The molecule has 0 aromatic rings. The first kappa shape index (κ1) is 10.8. The average molecular weight is 494 g/mol. The zero-order chi connectivity index (χ0) is 34.5. The molecule has 0 nitrogen and oxygen atoms in total. The van der Waals surface area contributed by atoms with Gasteiger partial charge in [0.15, 0.2) is 0 Å². The molecule has 0 saturated heterocycles. The second kappa shape index (κ2) is 2.39. The molecule has 22 rings (SSSR count). The molecule has 10 spiro atoms. The molecule has 0 aliphatic heterocycles. The van der Waals surface area contributed by atoms with Gasteiger partial charge in [0.2, 0.25) is 0 Å². The summed E-state index contributed by atoms with van der Waals surface area (Å²) in [6.45, 7) is 0. The summed E-state index contributed by atoms with van der Waals surface area (Å²) in [6, 6.07) is 0. The highest BCUT2D eigenvalue weighted by atomic mass is 15.4. The molecule has 190 valence electrons. The normalized spacial score (nSPS) is 124. The van der Waals surface area contributed by atoms with E-state index in [4.69, 9.17) is 20.8 Å². The quantitative estimate of drug-likeness (QED) is 0.375. The van der Waals surface area contributed by atoms with Crippen LogP contribution >= 0.6 is 0 Å². The van der Waals surface area contributed by atoms with Gasteiger partial charge >= 0.3 is 0 Å². The molecule has 0 amide bonds. The zero-order valence-corrected chi connectivity index (χ0v) is 20.5. The Kier molecular flexibility index (Phi) is 0.716. The highest BCUT2D eigenvalue weighted by Crippen LogP contribution is 3.38. The molecule has 22 fully saturated rings. The van der Waals surface area contributed by atoms with Crippen molar-refractivity contribution in [2.45, 2.75) is 25.7 Å². The van der Waals surface area contributed by atoms with Crippen LogP contribution in [0.15, 0.2) is 0 Å². The first-order valence-electron chi connectivity index (χ1n) is 24.9. The molecule has 22 saturated carbocycles. The van der Waals surface area contributed by atoms with Crippen LogP contribution in [0.1, 0.15) is 47.9 Å².